The third-order valence-corrected chi connectivity index (χ3v) is 3.29. The number of hydrogen-bond acceptors (Lipinski definition) is 1. The van der Waals surface area contributed by atoms with Crippen molar-refractivity contribution in [3.05, 3.63) is 46.2 Å². The first-order valence-electron chi connectivity index (χ1n) is 6.31. The van der Waals surface area contributed by atoms with E-state index < -0.39 is 0 Å². The van der Waals surface area contributed by atoms with E-state index >= 15 is 0 Å². The maximum absolute atomic E-state index is 11.8. The molecule has 0 fully saturated rings. The molecule has 0 bridgehead atoms. The number of hydrogen-bond donors (Lipinski definition) is 0. The molecule has 1 aromatic heterocycles. The fraction of sp³-hybridized carbons (Fsp3) is 0.400. The van der Waals surface area contributed by atoms with Gasteiger partial charge in [-0.1, -0.05) is 38.0 Å². The van der Waals surface area contributed by atoms with Gasteiger partial charge in [0.15, 0.2) is 0 Å². The van der Waals surface area contributed by atoms with Crippen molar-refractivity contribution < 1.29 is 0 Å². The Balaban J connectivity index is 2.48. The second-order valence-corrected chi connectivity index (χ2v) is 4.54. The molecule has 0 atom stereocenters. The first kappa shape index (κ1) is 11.9. The summed E-state index contributed by atoms with van der Waals surface area (Å²) in [5.41, 5.74) is 2.32. The number of aryl methyl sites for hydroxylation is 2. The summed E-state index contributed by atoms with van der Waals surface area (Å²) in [4.78, 5) is 11.8. The molecule has 0 saturated carbocycles. The Hall–Kier alpha value is -1.57. The van der Waals surface area contributed by atoms with Gasteiger partial charge in [0.25, 0.3) is 5.56 Å². The molecule has 0 amide bonds. The van der Waals surface area contributed by atoms with Gasteiger partial charge < -0.3 is 4.57 Å². The normalized spacial score (nSPS) is 10.9. The fourth-order valence-electron chi connectivity index (χ4n) is 2.25. The molecule has 17 heavy (non-hydrogen) atoms. The topological polar surface area (TPSA) is 22.0 Å². The molecule has 0 saturated heterocycles. The van der Waals surface area contributed by atoms with Crippen LogP contribution in [0.4, 0.5) is 0 Å². The van der Waals surface area contributed by atoms with E-state index in [2.05, 4.69) is 13.0 Å². The zero-order chi connectivity index (χ0) is 12.3. The van der Waals surface area contributed by atoms with E-state index in [-0.39, 0.29) is 5.56 Å². The highest BCUT2D eigenvalue weighted by Crippen LogP contribution is 2.18. The van der Waals surface area contributed by atoms with E-state index in [1.165, 1.54) is 23.8 Å². The summed E-state index contributed by atoms with van der Waals surface area (Å²) in [5.74, 6) is 0. The first-order chi connectivity index (χ1) is 8.24. The predicted molar refractivity (Wildman–Crippen MR) is 72.4 cm³/mol. The number of aromatic nitrogens is 1. The summed E-state index contributed by atoms with van der Waals surface area (Å²) >= 11 is 0. The molecule has 0 radical (unpaired) electrons. The lowest BCUT2D eigenvalue weighted by Gasteiger charge is -2.09. The Bertz CT molecular complexity index is 569. The van der Waals surface area contributed by atoms with Gasteiger partial charge in [-0.15, -0.1) is 0 Å². The molecule has 2 rings (SSSR count). The van der Waals surface area contributed by atoms with Crippen LogP contribution in [0.1, 0.15) is 31.7 Å². The summed E-state index contributed by atoms with van der Waals surface area (Å²) in [6.07, 6.45) is 4.60. The minimum absolute atomic E-state index is 0.0928. The molecule has 2 heteroatoms. The number of para-hydroxylation sites is 1. The highest BCUT2D eigenvalue weighted by Gasteiger charge is 2.05. The largest absolute Gasteiger partial charge is 0.311 e. The minimum atomic E-state index is 0.0928. The Morgan fingerprint density at radius 2 is 1.94 bits per heavy atom. The number of nitrogens with zero attached hydrogens (tertiary/aromatic N) is 1. The molecule has 0 aliphatic rings. The van der Waals surface area contributed by atoms with Crippen molar-refractivity contribution in [1.29, 1.82) is 0 Å². The third kappa shape index (κ3) is 2.41. The summed E-state index contributed by atoms with van der Waals surface area (Å²) < 4.78 is 1.72. The van der Waals surface area contributed by atoms with Crippen molar-refractivity contribution in [2.45, 2.75) is 32.6 Å². The lowest BCUT2D eigenvalue weighted by atomic mass is 10.0. The number of benzene rings is 1. The Kier molecular flexibility index (Phi) is 3.62. The van der Waals surface area contributed by atoms with Crippen molar-refractivity contribution in [2.24, 2.45) is 7.05 Å². The van der Waals surface area contributed by atoms with E-state index in [4.69, 9.17) is 0 Å². The molecule has 2 aromatic rings. The van der Waals surface area contributed by atoms with E-state index in [0.29, 0.717) is 0 Å². The van der Waals surface area contributed by atoms with Crippen molar-refractivity contribution in [3.63, 3.8) is 0 Å². The summed E-state index contributed by atoms with van der Waals surface area (Å²) in [7, 11) is 1.83. The summed E-state index contributed by atoms with van der Waals surface area (Å²) in [5, 5.41) is 1.21. The van der Waals surface area contributed by atoms with Crippen LogP contribution in [0.25, 0.3) is 10.9 Å². The Labute approximate surface area is 102 Å². The molecule has 1 heterocycles. The smallest absolute Gasteiger partial charge is 0.251 e. The van der Waals surface area contributed by atoms with Crippen LogP contribution in [0.5, 0.6) is 0 Å². The van der Waals surface area contributed by atoms with Gasteiger partial charge in [0.1, 0.15) is 0 Å². The quantitative estimate of drug-likeness (QED) is 0.737. The van der Waals surface area contributed by atoms with Crippen LogP contribution in [0.2, 0.25) is 0 Å². The average molecular weight is 229 g/mol. The lowest BCUT2D eigenvalue weighted by Crippen LogP contribution is -2.17. The van der Waals surface area contributed by atoms with Gasteiger partial charge in [0, 0.05) is 18.5 Å². The highest BCUT2D eigenvalue weighted by molar-refractivity contribution is 5.82. The van der Waals surface area contributed by atoms with Gasteiger partial charge >= 0.3 is 0 Å². The molecule has 0 unspecified atom stereocenters. The molecule has 0 aliphatic heterocycles. The number of fused-ring (bicyclic) bond motifs is 1. The molecular formula is C15H19NO. The van der Waals surface area contributed by atoms with Gasteiger partial charge in [-0.3, -0.25) is 4.79 Å². The molecule has 0 aliphatic carbocycles. The van der Waals surface area contributed by atoms with Crippen LogP contribution in [0.15, 0.2) is 35.1 Å². The summed E-state index contributed by atoms with van der Waals surface area (Å²) in [6.45, 7) is 2.20. The van der Waals surface area contributed by atoms with Gasteiger partial charge in [0.05, 0.1) is 5.52 Å². The Morgan fingerprint density at radius 1 is 1.18 bits per heavy atom. The number of unbranched alkanes of at least 4 members (excludes halogenated alkanes) is 2. The molecule has 1 aromatic carbocycles. The van der Waals surface area contributed by atoms with Crippen LogP contribution in [0.3, 0.4) is 0 Å². The van der Waals surface area contributed by atoms with Gasteiger partial charge in [-0.25, -0.2) is 0 Å². The number of rotatable bonds is 4. The lowest BCUT2D eigenvalue weighted by molar-refractivity contribution is 0.717. The third-order valence-electron chi connectivity index (χ3n) is 3.29. The van der Waals surface area contributed by atoms with Gasteiger partial charge in [-0.05, 0) is 24.5 Å². The second kappa shape index (κ2) is 5.17. The second-order valence-electron chi connectivity index (χ2n) is 4.54. The van der Waals surface area contributed by atoms with Crippen molar-refractivity contribution in [1.82, 2.24) is 4.57 Å². The predicted octanol–water partition coefficient (Wildman–Crippen LogP) is 3.27. The van der Waals surface area contributed by atoms with E-state index in [0.717, 1.165) is 18.4 Å². The zero-order valence-electron chi connectivity index (χ0n) is 10.6. The maximum Gasteiger partial charge on any atom is 0.251 e. The Morgan fingerprint density at radius 3 is 2.71 bits per heavy atom. The molecular weight excluding hydrogens is 210 g/mol. The monoisotopic (exact) mass is 229 g/mol. The van der Waals surface area contributed by atoms with Gasteiger partial charge in [-0.2, -0.15) is 0 Å². The molecule has 0 N–H and O–H groups in total. The molecule has 2 nitrogen and oxygen atoms in total. The first-order valence-corrected chi connectivity index (χ1v) is 6.31. The number of pyridine rings is 1. The van der Waals surface area contributed by atoms with Crippen LogP contribution in [0, 0.1) is 0 Å². The standard InChI is InChI=1S/C15H19NO/c1-3-4-5-8-12-11-15(17)16(2)14-10-7-6-9-13(12)14/h6-7,9-11H,3-5,8H2,1-2H3. The van der Waals surface area contributed by atoms with Gasteiger partial charge in [0.2, 0.25) is 0 Å². The highest BCUT2D eigenvalue weighted by atomic mass is 16.1. The van der Waals surface area contributed by atoms with Crippen LogP contribution in [-0.4, -0.2) is 4.57 Å². The molecule has 0 spiro atoms. The van der Waals surface area contributed by atoms with Crippen LogP contribution >= 0.6 is 0 Å². The molecule has 90 valence electrons. The van der Waals surface area contributed by atoms with Crippen molar-refractivity contribution in [2.75, 3.05) is 0 Å². The zero-order valence-corrected chi connectivity index (χ0v) is 10.6. The van der Waals surface area contributed by atoms with E-state index in [1.807, 2.05) is 25.2 Å². The van der Waals surface area contributed by atoms with E-state index in [1.54, 1.807) is 10.6 Å². The van der Waals surface area contributed by atoms with Crippen molar-refractivity contribution >= 4 is 10.9 Å². The average Bonchev–Trinajstić information content (AvgIpc) is 2.36. The fourth-order valence-corrected chi connectivity index (χ4v) is 2.25. The SMILES string of the molecule is CCCCCc1cc(=O)n(C)c2ccccc12. The maximum atomic E-state index is 11.8. The van der Waals surface area contributed by atoms with E-state index in [9.17, 15) is 4.79 Å². The van der Waals surface area contributed by atoms with Crippen LogP contribution in [-0.2, 0) is 13.5 Å². The van der Waals surface area contributed by atoms with Crippen LogP contribution < -0.4 is 5.56 Å². The van der Waals surface area contributed by atoms with Crippen molar-refractivity contribution in [3.8, 4) is 0 Å². The summed E-state index contributed by atoms with van der Waals surface area (Å²) in [6, 6.07) is 9.93. The minimum Gasteiger partial charge on any atom is -0.311 e.